The number of aromatic amines is 1. The second kappa shape index (κ2) is 10.5. The number of amides is 1. The molecule has 3 rings (SSSR count). The van der Waals surface area contributed by atoms with Crippen LogP contribution in [-0.4, -0.2) is 41.5 Å². The number of hydrogen-bond donors (Lipinski definition) is 3. The Morgan fingerprint density at radius 3 is 2.55 bits per heavy atom. The molecular formula is C23H27N4O4+. The number of nitrogens with one attached hydrogen (secondary N) is 3. The molecule has 1 atom stereocenters. The second-order valence-electron chi connectivity index (χ2n) is 7.25. The van der Waals surface area contributed by atoms with E-state index in [4.69, 9.17) is 4.74 Å². The van der Waals surface area contributed by atoms with E-state index in [1.807, 2.05) is 19.9 Å². The van der Waals surface area contributed by atoms with Crippen molar-refractivity contribution in [3.05, 3.63) is 70.3 Å². The van der Waals surface area contributed by atoms with Gasteiger partial charge in [-0.15, -0.1) is 0 Å². The number of likely N-dealkylation sites (N-methyl/N-ethyl adjacent to an activating group) is 1. The van der Waals surface area contributed by atoms with Crippen molar-refractivity contribution in [1.29, 1.82) is 0 Å². The number of anilines is 1. The van der Waals surface area contributed by atoms with Gasteiger partial charge in [-0.1, -0.05) is 19.1 Å². The highest BCUT2D eigenvalue weighted by atomic mass is 16.5. The van der Waals surface area contributed by atoms with Crippen LogP contribution in [0.4, 0.5) is 5.69 Å². The SMILES string of the molecule is CCCOC(=O)c1ccc(NC(=O)C[NH+](CC)Cc2nc3ccccc3c(=O)[nH]2)cc1. The lowest BCUT2D eigenvalue weighted by molar-refractivity contribution is -0.904. The predicted octanol–water partition coefficient (Wildman–Crippen LogP) is 1.53. The lowest BCUT2D eigenvalue weighted by Gasteiger charge is -2.17. The van der Waals surface area contributed by atoms with Gasteiger partial charge in [0.2, 0.25) is 0 Å². The number of aromatic nitrogens is 2. The Bertz CT molecular complexity index is 1110. The van der Waals surface area contributed by atoms with Gasteiger partial charge in [0.05, 0.1) is 29.6 Å². The minimum absolute atomic E-state index is 0.165. The van der Waals surface area contributed by atoms with Gasteiger partial charge in [-0.3, -0.25) is 9.59 Å². The molecule has 162 valence electrons. The van der Waals surface area contributed by atoms with Crippen molar-refractivity contribution < 1.29 is 19.2 Å². The summed E-state index contributed by atoms with van der Waals surface area (Å²) in [7, 11) is 0. The summed E-state index contributed by atoms with van der Waals surface area (Å²) in [6, 6.07) is 13.8. The highest BCUT2D eigenvalue weighted by Crippen LogP contribution is 2.10. The van der Waals surface area contributed by atoms with Crippen LogP contribution in [0, 0.1) is 0 Å². The number of carbonyl (C=O) groups excluding carboxylic acids is 2. The molecule has 0 bridgehead atoms. The number of fused-ring (bicyclic) bond motifs is 1. The molecule has 0 fully saturated rings. The van der Waals surface area contributed by atoms with Crippen LogP contribution in [0.1, 0.15) is 36.5 Å². The molecule has 0 aliphatic carbocycles. The first-order chi connectivity index (χ1) is 15.0. The van der Waals surface area contributed by atoms with E-state index >= 15 is 0 Å². The van der Waals surface area contributed by atoms with Crippen LogP contribution in [0.25, 0.3) is 10.9 Å². The summed E-state index contributed by atoms with van der Waals surface area (Å²) in [6.45, 7) is 5.61. The smallest absolute Gasteiger partial charge is 0.338 e. The summed E-state index contributed by atoms with van der Waals surface area (Å²) < 4.78 is 5.10. The van der Waals surface area contributed by atoms with Crippen LogP contribution in [0.2, 0.25) is 0 Å². The molecule has 1 aromatic heterocycles. The molecule has 3 aromatic rings. The third-order valence-electron chi connectivity index (χ3n) is 4.83. The van der Waals surface area contributed by atoms with Crippen LogP contribution in [-0.2, 0) is 16.1 Å². The van der Waals surface area contributed by atoms with Crippen LogP contribution >= 0.6 is 0 Å². The maximum Gasteiger partial charge on any atom is 0.338 e. The number of hydrogen-bond acceptors (Lipinski definition) is 5. The van der Waals surface area contributed by atoms with Crippen molar-refractivity contribution in [1.82, 2.24) is 9.97 Å². The quantitative estimate of drug-likeness (QED) is 0.453. The summed E-state index contributed by atoms with van der Waals surface area (Å²) in [4.78, 5) is 44.9. The molecule has 0 aliphatic heterocycles. The van der Waals surface area contributed by atoms with Gasteiger partial charge in [0.15, 0.2) is 12.4 Å². The Hall–Kier alpha value is -3.52. The van der Waals surface area contributed by atoms with Crippen molar-refractivity contribution in [2.45, 2.75) is 26.8 Å². The van der Waals surface area contributed by atoms with Crippen LogP contribution in [0.15, 0.2) is 53.3 Å². The van der Waals surface area contributed by atoms with Crippen molar-refractivity contribution in [2.24, 2.45) is 0 Å². The molecule has 1 heterocycles. The van der Waals surface area contributed by atoms with Gasteiger partial charge in [-0.2, -0.15) is 0 Å². The number of esters is 1. The zero-order valence-corrected chi connectivity index (χ0v) is 17.7. The van der Waals surface area contributed by atoms with Crippen LogP contribution in [0.3, 0.4) is 0 Å². The number of carbonyl (C=O) groups is 2. The Balaban J connectivity index is 1.60. The zero-order chi connectivity index (χ0) is 22.2. The van der Waals surface area contributed by atoms with Crippen LogP contribution in [0.5, 0.6) is 0 Å². The van der Waals surface area contributed by atoms with E-state index in [1.165, 1.54) is 0 Å². The lowest BCUT2D eigenvalue weighted by atomic mass is 10.2. The van der Waals surface area contributed by atoms with E-state index in [0.717, 1.165) is 11.3 Å². The summed E-state index contributed by atoms with van der Waals surface area (Å²) in [5.41, 5.74) is 1.50. The number of para-hydroxylation sites is 1. The summed E-state index contributed by atoms with van der Waals surface area (Å²) >= 11 is 0. The second-order valence-corrected chi connectivity index (χ2v) is 7.25. The van der Waals surface area contributed by atoms with Gasteiger partial charge < -0.3 is 19.9 Å². The zero-order valence-electron chi connectivity index (χ0n) is 17.7. The number of nitrogens with zero attached hydrogens (tertiary/aromatic N) is 1. The van der Waals surface area contributed by atoms with E-state index in [0.29, 0.717) is 47.7 Å². The number of ether oxygens (including phenoxy) is 1. The molecular weight excluding hydrogens is 396 g/mol. The van der Waals surface area contributed by atoms with Crippen molar-refractivity contribution >= 4 is 28.5 Å². The highest BCUT2D eigenvalue weighted by Gasteiger charge is 2.16. The molecule has 8 nitrogen and oxygen atoms in total. The minimum Gasteiger partial charge on any atom is -0.462 e. The largest absolute Gasteiger partial charge is 0.462 e. The average Bonchev–Trinajstić information content (AvgIpc) is 2.77. The monoisotopic (exact) mass is 423 g/mol. The number of rotatable bonds is 9. The topological polar surface area (TPSA) is 106 Å². The van der Waals surface area contributed by atoms with Gasteiger partial charge in [-0.25, -0.2) is 9.78 Å². The third kappa shape index (κ3) is 5.99. The molecule has 0 aliphatic rings. The van der Waals surface area contributed by atoms with Crippen molar-refractivity contribution in [3.63, 3.8) is 0 Å². The van der Waals surface area contributed by atoms with Gasteiger partial charge >= 0.3 is 5.97 Å². The molecule has 0 radical (unpaired) electrons. The molecule has 0 saturated heterocycles. The predicted molar refractivity (Wildman–Crippen MR) is 118 cm³/mol. The van der Waals surface area contributed by atoms with Gasteiger partial charge in [0.1, 0.15) is 6.54 Å². The van der Waals surface area contributed by atoms with E-state index in [2.05, 4.69) is 15.3 Å². The first-order valence-corrected chi connectivity index (χ1v) is 10.4. The third-order valence-corrected chi connectivity index (χ3v) is 4.83. The average molecular weight is 423 g/mol. The Kier molecular flexibility index (Phi) is 7.50. The van der Waals surface area contributed by atoms with Gasteiger partial charge in [-0.05, 0) is 49.7 Å². The van der Waals surface area contributed by atoms with Crippen molar-refractivity contribution in [2.75, 3.05) is 25.0 Å². The fourth-order valence-corrected chi connectivity index (χ4v) is 3.17. The summed E-state index contributed by atoms with van der Waals surface area (Å²) in [5, 5.41) is 3.38. The van der Waals surface area contributed by atoms with Crippen molar-refractivity contribution in [3.8, 4) is 0 Å². The Morgan fingerprint density at radius 2 is 1.84 bits per heavy atom. The normalized spacial score (nSPS) is 11.8. The number of quaternary nitrogens is 1. The number of H-pyrrole nitrogens is 1. The van der Waals surface area contributed by atoms with E-state index in [9.17, 15) is 14.4 Å². The van der Waals surface area contributed by atoms with E-state index < -0.39 is 0 Å². The molecule has 3 N–H and O–H groups in total. The molecule has 0 spiro atoms. The highest BCUT2D eigenvalue weighted by molar-refractivity contribution is 5.93. The summed E-state index contributed by atoms with van der Waals surface area (Å²) in [6.07, 6.45) is 0.763. The maximum absolute atomic E-state index is 12.5. The minimum atomic E-state index is -0.377. The fraction of sp³-hybridized carbons (Fsp3) is 0.304. The Morgan fingerprint density at radius 1 is 1.10 bits per heavy atom. The molecule has 8 heteroatoms. The standard InChI is InChI=1S/C23H26N4O4/c1-3-13-31-23(30)16-9-11-17(12-10-16)24-21(28)15-27(4-2)14-20-25-19-8-6-5-7-18(19)22(29)26-20/h5-12H,3-4,13-15H2,1-2H3,(H,24,28)(H,25,26,29)/p+1. The van der Waals surface area contributed by atoms with Crippen LogP contribution < -0.4 is 15.8 Å². The summed E-state index contributed by atoms with van der Waals surface area (Å²) in [5.74, 6) is 0.00259. The fourth-order valence-electron chi connectivity index (χ4n) is 3.17. The molecule has 31 heavy (non-hydrogen) atoms. The maximum atomic E-state index is 12.5. The number of benzene rings is 2. The van der Waals surface area contributed by atoms with E-state index in [-0.39, 0.29) is 24.0 Å². The lowest BCUT2D eigenvalue weighted by Crippen LogP contribution is -3.11. The van der Waals surface area contributed by atoms with Gasteiger partial charge in [0, 0.05) is 5.69 Å². The van der Waals surface area contributed by atoms with E-state index in [1.54, 1.807) is 42.5 Å². The molecule has 1 amide bonds. The first-order valence-electron chi connectivity index (χ1n) is 10.4. The first kappa shape index (κ1) is 22.2. The van der Waals surface area contributed by atoms with Gasteiger partial charge in [0.25, 0.3) is 11.5 Å². The molecule has 0 saturated carbocycles. The Labute approximate surface area is 180 Å². The molecule has 2 aromatic carbocycles. The molecule has 1 unspecified atom stereocenters.